The van der Waals surface area contributed by atoms with Crippen LogP contribution in [0.3, 0.4) is 0 Å². The van der Waals surface area contributed by atoms with Gasteiger partial charge in [0.05, 0.1) is 14.2 Å². The summed E-state index contributed by atoms with van der Waals surface area (Å²) in [7, 11) is 3.23. The van der Waals surface area contributed by atoms with E-state index in [9.17, 15) is 4.79 Å². The molecule has 0 aliphatic rings. The van der Waals surface area contributed by atoms with Gasteiger partial charge in [0, 0.05) is 18.5 Å². The Morgan fingerprint density at radius 3 is 2.67 bits per heavy atom. The molecule has 6 heteroatoms. The standard InChI is InChI=1S/C21H24N2O3S/c1-14(2)13-23-17(12-16-8-10-27-21(16)23)20(24)22-9-7-15-5-6-18(25-3)19(11-15)26-4/h5-6,8,10-12H,1,7,9,13H2,2-4H3,(H,22,24). The Bertz CT molecular complexity index is 971. The summed E-state index contributed by atoms with van der Waals surface area (Å²) in [6.45, 7) is 7.14. The van der Waals surface area contributed by atoms with Crippen molar-refractivity contribution in [1.29, 1.82) is 0 Å². The molecule has 0 spiro atoms. The highest BCUT2D eigenvalue weighted by Crippen LogP contribution is 2.28. The fourth-order valence-corrected chi connectivity index (χ4v) is 3.93. The van der Waals surface area contributed by atoms with Crippen molar-refractivity contribution in [2.24, 2.45) is 0 Å². The van der Waals surface area contributed by atoms with E-state index in [2.05, 4.69) is 11.9 Å². The van der Waals surface area contributed by atoms with Crippen LogP contribution in [0.2, 0.25) is 0 Å². The second kappa shape index (κ2) is 8.31. The maximum Gasteiger partial charge on any atom is 0.267 e. The predicted octanol–water partition coefficient (Wildman–Crippen LogP) is 4.27. The Hall–Kier alpha value is -2.73. The number of fused-ring (bicyclic) bond motifs is 1. The van der Waals surface area contributed by atoms with Gasteiger partial charge in [-0.25, -0.2) is 0 Å². The zero-order chi connectivity index (χ0) is 19.4. The highest BCUT2D eigenvalue weighted by atomic mass is 32.1. The quantitative estimate of drug-likeness (QED) is 0.590. The van der Waals surface area contributed by atoms with Crippen LogP contribution in [0.5, 0.6) is 11.5 Å². The summed E-state index contributed by atoms with van der Waals surface area (Å²) in [6.07, 6.45) is 0.710. The fourth-order valence-electron chi connectivity index (χ4n) is 3.04. The molecule has 1 N–H and O–H groups in total. The number of thiophene rings is 1. The molecular formula is C21H24N2O3S. The number of hydrogen-bond donors (Lipinski definition) is 1. The van der Waals surface area contributed by atoms with Gasteiger partial charge in [0.25, 0.3) is 5.91 Å². The van der Waals surface area contributed by atoms with Gasteiger partial charge in [0.15, 0.2) is 11.5 Å². The number of benzene rings is 1. The minimum atomic E-state index is -0.0693. The van der Waals surface area contributed by atoms with Gasteiger partial charge in [0.1, 0.15) is 10.5 Å². The number of rotatable bonds is 8. The Morgan fingerprint density at radius 1 is 1.19 bits per heavy atom. The van der Waals surface area contributed by atoms with Crippen molar-refractivity contribution in [2.75, 3.05) is 20.8 Å². The van der Waals surface area contributed by atoms with E-state index >= 15 is 0 Å². The van der Waals surface area contributed by atoms with Gasteiger partial charge in [-0.1, -0.05) is 18.2 Å². The number of carbonyl (C=O) groups is 1. The molecule has 0 bridgehead atoms. The van der Waals surface area contributed by atoms with Gasteiger partial charge in [0.2, 0.25) is 0 Å². The minimum absolute atomic E-state index is 0.0693. The molecule has 3 rings (SSSR count). The Balaban J connectivity index is 1.69. The van der Waals surface area contributed by atoms with Crippen molar-refractivity contribution in [3.8, 4) is 11.5 Å². The number of nitrogens with zero attached hydrogens (tertiary/aromatic N) is 1. The molecule has 0 aliphatic carbocycles. The lowest BCUT2D eigenvalue weighted by Gasteiger charge is -2.12. The molecule has 27 heavy (non-hydrogen) atoms. The summed E-state index contributed by atoms with van der Waals surface area (Å²) in [5.41, 5.74) is 2.76. The van der Waals surface area contributed by atoms with Crippen LogP contribution in [0.1, 0.15) is 23.0 Å². The second-order valence-electron chi connectivity index (χ2n) is 6.45. The Labute approximate surface area is 163 Å². The molecule has 2 aromatic heterocycles. The van der Waals surface area contributed by atoms with E-state index in [-0.39, 0.29) is 5.91 Å². The van der Waals surface area contributed by atoms with Gasteiger partial charge in [-0.05, 0) is 48.6 Å². The molecule has 1 aromatic carbocycles. The van der Waals surface area contributed by atoms with E-state index in [1.54, 1.807) is 25.6 Å². The zero-order valence-corrected chi connectivity index (χ0v) is 16.7. The van der Waals surface area contributed by atoms with Crippen molar-refractivity contribution in [2.45, 2.75) is 19.9 Å². The molecular weight excluding hydrogens is 360 g/mol. The number of ether oxygens (including phenoxy) is 2. The molecule has 0 atom stereocenters. The van der Waals surface area contributed by atoms with Gasteiger partial charge in [-0.2, -0.15) is 0 Å². The van der Waals surface area contributed by atoms with Crippen molar-refractivity contribution >= 4 is 27.5 Å². The number of carbonyl (C=O) groups excluding carboxylic acids is 1. The van der Waals surface area contributed by atoms with Gasteiger partial charge in [-0.15, -0.1) is 11.3 Å². The van der Waals surface area contributed by atoms with Crippen LogP contribution in [0.25, 0.3) is 10.2 Å². The molecule has 1 amide bonds. The summed E-state index contributed by atoms with van der Waals surface area (Å²) >= 11 is 1.64. The first-order valence-electron chi connectivity index (χ1n) is 8.73. The monoisotopic (exact) mass is 384 g/mol. The minimum Gasteiger partial charge on any atom is -0.493 e. The molecule has 142 valence electrons. The third-order valence-corrected chi connectivity index (χ3v) is 5.26. The SMILES string of the molecule is C=C(C)Cn1c(C(=O)NCCc2ccc(OC)c(OC)c2)cc2ccsc21. The molecule has 0 saturated heterocycles. The highest BCUT2D eigenvalue weighted by molar-refractivity contribution is 7.16. The van der Waals surface area contributed by atoms with E-state index in [1.165, 1.54) is 0 Å². The molecule has 0 fully saturated rings. The lowest BCUT2D eigenvalue weighted by molar-refractivity contribution is 0.0946. The maximum atomic E-state index is 12.7. The Morgan fingerprint density at radius 2 is 1.96 bits per heavy atom. The third-order valence-electron chi connectivity index (χ3n) is 4.31. The summed E-state index contributed by atoms with van der Waals surface area (Å²) < 4.78 is 12.6. The zero-order valence-electron chi connectivity index (χ0n) is 15.9. The number of hydrogen-bond acceptors (Lipinski definition) is 4. The molecule has 0 unspecified atom stereocenters. The van der Waals surface area contributed by atoms with Gasteiger partial charge in [-0.3, -0.25) is 4.79 Å². The average Bonchev–Trinajstić information content (AvgIpc) is 3.24. The number of amides is 1. The smallest absolute Gasteiger partial charge is 0.267 e. The summed E-state index contributed by atoms with van der Waals surface area (Å²) in [6, 6.07) is 9.77. The van der Waals surface area contributed by atoms with Crippen LogP contribution >= 0.6 is 11.3 Å². The first kappa shape index (κ1) is 19.0. The van der Waals surface area contributed by atoms with Crippen molar-refractivity contribution in [3.05, 3.63) is 59.1 Å². The maximum absolute atomic E-state index is 12.7. The first-order valence-corrected chi connectivity index (χ1v) is 9.61. The fraction of sp³-hybridized carbons (Fsp3) is 0.286. The summed E-state index contributed by atoms with van der Waals surface area (Å²) in [5.74, 6) is 1.32. The van der Waals surface area contributed by atoms with E-state index in [4.69, 9.17) is 9.47 Å². The third kappa shape index (κ3) is 4.17. The van der Waals surface area contributed by atoms with Gasteiger partial charge >= 0.3 is 0 Å². The number of aromatic nitrogens is 1. The Kier molecular flexibility index (Phi) is 5.86. The molecule has 5 nitrogen and oxygen atoms in total. The largest absolute Gasteiger partial charge is 0.493 e. The average molecular weight is 385 g/mol. The topological polar surface area (TPSA) is 52.5 Å². The van der Waals surface area contributed by atoms with E-state index in [1.807, 2.05) is 47.2 Å². The summed E-state index contributed by atoms with van der Waals surface area (Å²) in [4.78, 5) is 13.8. The van der Waals surface area contributed by atoms with Crippen molar-refractivity contribution in [3.63, 3.8) is 0 Å². The van der Waals surface area contributed by atoms with Crippen LogP contribution in [0.15, 0.2) is 47.9 Å². The highest BCUT2D eigenvalue weighted by Gasteiger charge is 2.16. The summed E-state index contributed by atoms with van der Waals surface area (Å²) in [5, 5.41) is 6.15. The predicted molar refractivity (Wildman–Crippen MR) is 110 cm³/mol. The van der Waals surface area contributed by atoms with Crippen LogP contribution < -0.4 is 14.8 Å². The van der Waals surface area contributed by atoms with Crippen molar-refractivity contribution in [1.82, 2.24) is 9.88 Å². The van der Waals surface area contributed by atoms with Crippen molar-refractivity contribution < 1.29 is 14.3 Å². The van der Waals surface area contributed by atoms with Crippen LogP contribution in [-0.2, 0) is 13.0 Å². The molecule has 0 saturated carbocycles. The van der Waals surface area contributed by atoms with E-state index in [0.717, 1.165) is 21.4 Å². The number of allylic oxidation sites excluding steroid dienone is 1. The first-order chi connectivity index (χ1) is 13.0. The lowest BCUT2D eigenvalue weighted by Crippen LogP contribution is -2.28. The van der Waals surface area contributed by atoms with E-state index in [0.29, 0.717) is 36.7 Å². The molecule has 0 aliphatic heterocycles. The normalized spacial score (nSPS) is 10.8. The van der Waals surface area contributed by atoms with E-state index < -0.39 is 0 Å². The van der Waals surface area contributed by atoms with Crippen LogP contribution in [-0.4, -0.2) is 31.2 Å². The number of nitrogens with one attached hydrogen (secondary N) is 1. The molecule has 0 radical (unpaired) electrons. The van der Waals surface area contributed by atoms with Crippen LogP contribution in [0.4, 0.5) is 0 Å². The lowest BCUT2D eigenvalue weighted by atomic mass is 10.1. The molecule has 3 aromatic rings. The second-order valence-corrected chi connectivity index (χ2v) is 7.34. The van der Waals surface area contributed by atoms with Gasteiger partial charge < -0.3 is 19.4 Å². The number of methoxy groups -OCH3 is 2. The molecule has 2 heterocycles. The van der Waals surface area contributed by atoms with Crippen LogP contribution in [0, 0.1) is 0 Å².